The number of nitro benzene ring substituents is 1. The molecule has 0 saturated heterocycles. The van der Waals surface area contributed by atoms with Crippen LogP contribution in [0.1, 0.15) is 15.9 Å². The molecule has 0 bridgehead atoms. The lowest BCUT2D eigenvalue weighted by atomic mass is 10.1. The lowest BCUT2D eigenvalue weighted by Crippen LogP contribution is -1.95. The average molecular weight is 308 g/mol. The fourth-order valence-corrected chi connectivity index (χ4v) is 1.81. The fraction of sp³-hybridized carbons (Fsp3) is 0.0588. The third-order valence-corrected chi connectivity index (χ3v) is 2.97. The molecule has 0 aliphatic heterocycles. The molecule has 0 aromatic heterocycles. The van der Waals surface area contributed by atoms with Crippen molar-refractivity contribution >= 4 is 17.5 Å². The quantitative estimate of drug-likeness (QED) is 0.353. The smallest absolute Gasteiger partial charge is 0.269 e. The van der Waals surface area contributed by atoms with Crippen molar-refractivity contribution in [2.24, 2.45) is 0 Å². The lowest BCUT2D eigenvalue weighted by Gasteiger charge is -2.01. The zero-order valence-electron chi connectivity index (χ0n) is 12.0. The lowest BCUT2D eigenvalue weighted by molar-refractivity contribution is -0.384. The Hall–Kier alpha value is -3.46. The predicted octanol–water partition coefficient (Wildman–Crippen LogP) is 3.39. The van der Waals surface area contributed by atoms with Crippen molar-refractivity contribution in [1.82, 2.24) is 0 Å². The van der Waals surface area contributed by atoms with Gasteiger partial charge in [0.2, 0.25) is 0 Å². The van der Waals surface area contributed by atoms with Crippen LogP contribution in [0.4, 0.5) is 5.69 Å². The zero-order chi connectivity index (χ0) is 16.7. The van der Waals surface area contributed by atoms with E-state index >= 15 is 0 Å². The van der Waals surface area contributed by atoms with Crippen LogP contribution in [0.25, 0.3) is 6.08 Å². The molecule has 0 N–H and O–H groups in total. The molecular formula is C17H12N2O4. The number of ketones is 1. The summed E-state index contributed by atoms with van der Waals surface area (Å²) >= 11 is 0. The summed E-state index contributed by atoms with van der Waals surface area (Å²) in [6.07, 6.45) is 3.03. The van der Waals surface area contributed by atoms with Gasteiger partial charge < -0.3 is 4.74 Å². The van der Waals surface area contributed by atoms with Gasteiger partial charge in [0, 0.05) is 17.7 Å². The fourth-order valence-electron chi connectivity index (χ4n) is 1.81. The molecule has 0 heterocycles. The summed E-state index contributed by atoms with van der Waals surface area (Å²) in [6, 6.07) is 14.2. The van der Waals surface area contributed by atoms with Crippen LogP contribution in [-0.2, 0) is 0 Å². The third-order valence-electron chi connectivity index (χ3n) is 2.97. The Morgan fingerprint density at radius 2 is 1.83 bits per heavy atom. The van der Waals surface area contributed by atoms with Gasteiger partial charge in [-0.25, -0.2) is 0 Å². The number of benzene rings is 2. The number of ether oxygens (including phenoxy) is 1. The van der Waals surface area contributed by atoms with Crippen molar-refractivity contribution in [3.05, 3.63) is 75.8 Å². The Bertz CT molecular complexity index is 772. The van der Waals surface area contributed by atoms with Crippen LogP contribution < -0.4 is 4.74 Å². The van der Waals surface area contributed by atoms with Crippen molar-refractivity contribution in [3.8, 4) is 11.8 Å². The van der Waals surface area contributed by atoms with E-state index in [0.717, 1.165) is 5.56 Å². The van der Waals surface area contributed by atoms with Crippen molar-refractivity contribution in [3.63, 3.8) is 0 Å². The van der Waals surface area contributed by atoms with Crippen molar-refractivity contribution in [1.29, 1.82) is 5.26 Å². The molecule has 0 fully saturated rings. The molecule has 2 rings (SSSR count). The summed E-state index contributed by atoms with van der Waals surface area (Å²) in [4.78, 5) is 22.0. The van der Waals surface area contributed by atoms with Crippen LogP contribution in [-0.4, -0.2) is 17.3 Å². The average Bonchev–Trinajstić information content (AvgIpc) is 2.58. The SMILES string of the molecule is N#CCOc1ccc(/C=C/C(=O)c2ccc([N+](=O)[O-])cc2)cc1. The number of rotatable bonds is 6. The molecule has 0 amide bonds. The highest BCUT2D eigenvalue weighted by Crippen LogP contribution is 2.15. The molecular weight excluding hydrogens is 296 g/mol. The third kappa shape index (κ3) is 4.51. The van der Waals surface area contributed by atoms with Gasteiger partial charge in [-0.2, -0.15) is 5.26 Å². The van der Waals surface area contributed by atoms with E-state index < -0.39 is 4.92 Å². The second kappa shape index (κ2) is 7.52. The van der Waals surface area contributed by atoms with Gasteiger partial charge in [-0.05, 0) is 35.9 Å². The van der Waals surface area contributed by atoms with Crippen molar-refractivity contribution in [2.45, 2.75) is 0 Å². The number of non-ortho nitro benzene ring substituents is 1. The van der Waals surface area contributed by atoms with Gasteiger partial charge in [-0.15, -0.1) is 0 Å². The zero-order valence-corrected chi connectivity index (χ0v) is 12.0. The van der Waals surface area contributed by atoms with E-state index in [9.17, 15) is 14.9 Å². The molecule has 0 aliphatic carbocycles. The maximum atomic E-state index is 12.0. The van der Waals surface area contributed by atoms with Gasteiger partial charge in [0.1, 0.15) is 11.8 Å². The molecule has 0 spiro atoms. The van der Waals surface area contributed by atoms with E-state index in [1.807, 2.05) is 6.07 Å². The molecule has 6 heteroatoms. The highest BCUT2D eigenvalue weighted by Gasteiger charge is 2.07. The Morgan fingerprint density at radius 1 is 1.17 bits per heavy atom. The highest BCUT2D eigenvalue weighted by molar-refractivity contribution is 6.06. The second-order valence-corrected chi connectivity index (χ2v) is 4.52. The van der Waals surface area contributed by atoms with Crippen LogP contribution in [0, 0.1) is 21.4 Å². The van der Waals surface area contributed by atoms with Crippen molar-refractivity contribution < 1.29 is 14.5 Å². The molecule has 0 unspecified atom stereocenters. The molecule has 0 radical (unpaired) electrons. The van der Waals surface area contributed by atoms with Gasteiger partial charge in [-0.3, -0.25) is 14.9 Å². The predicted molar refractivity (Wildman–Crippen MR) is 84.0 cm³/mol. The maximum Gasteiger partial charge on any atom is 0.269 e. The molecule has 0 saturated carbocycles. The number of hydrogen-bond acceptors (Lipinski definition) is 5. The normalized spacial score (nSPS) is 10.2. The largest absolute Gasteiger partial charge is 0.479 e. The molecule has 2 aromatic carbocycles. The maximum absolute atomic E-state index is 12.0. The van der Waals surface area contributed by atoms with Gasteiger partial charge in [0.25, 0.3) is 5.69 Å². The number of nitrogens with zero attached hydrogens (tertiary/aromatic N) is 2. The molecule has 0 atom stereocenters. The molecule has 6 nitrogen and oxygen atoms in total. The first-order chi connectivity index (χ1) is 11.1. The van der Waals surface area contributed by atoms with E-state index in [0.29, 0.717) is 11.3 Å². The molecule has 2 aromatic rings. The summed E-state index contributed by atoms with van der Waals surface area (Å²) in [6.45, 7) is -0.0200. The van der Waals surface area contributed by atoms with E-state index in [2.05, 4.69) is 0 Å². The van der Waals surface area contributed by atoms with E-state index in [1.165, 1.54) is 30.3 Å². The first kappa shape index (κ1) is 15.9. The Labute approximate surface area is 132 Å². The number of carbonyl (C=O) groups is 1. The monoisotopic (exact) mass is 308 g/mol. The Morgan fingerprint density at radius 3 is 2.39 bits per heavy atom. The Balaban J connectivity index is 2.03. The van der Waals surface area contributed by atoms with Gasteiger partial charge in [-0.1, -0.05) is 18.2 Å². The summed E-state index contributed by atoms with van der Waals surface area (Å²) in [7, 11) is 0. The van der Waals surface area contributed by atoms with Gasteiger partial charge in [0.15, 0.2) is 12.4 Å². The summed E-state index contributed by atoms with van der Waals surface area (Å²) in [5, 5.41) is 19.0. The van der Waals surface area contributed by atoms with Crippen LogP contribution in [0.2, 0.25) is 0 Å². The number of allylic oxidation sites excluding steroid dienone is 1. The summed E-state index contributed by atoms with van der Waals surface area (Å²) < 4.78 is 5.13. The molecule has 0 aliphatic rings. The summed E-state index contributed by atoms with van der Waals surface area (Å²) in [5.41, 5.74) is 1.11. The van der Waals surface area contributed by atoms with Gasteiger partial charge >= 0.3 is 0 Å². The number of hydrogen-bond donors (Lipinski definition) is 0. The Kier molecular flexibility index (Phi) is 5.21. The minimum Gasteiger partial charge on any atom is -0.479 e. The van der Waals surface area contributed by atoms with Gasteiger partial charge in [0.05, 0.1) is 4.92 Å². The standard InChI is InChI=1S/C17H12N2O4/c18-11-12-23-16-8-1-13(2-9-16)3-10-17(20)14-4-6-15(7-5-14)19(21)22/h1-10H,12H2/b10-3+. The topological polar surface area (TPSA) is 93.2 Å². The number of nitriles is 1. The molecule has 114 valence electrons. The number of carbonyl (C=O) groups excluding carboxylic acids is 1. The van der Waals surface area contributed by atoms with Crippen LogP contribution in [0.5, 0.6) is 5.75 Å². The summed E-state index contributed by atoms with van der Waals surface area (Å²) in [5.74, 6) is 0.329. The van der Waals surface area contributed by atoms with Crippen LogP contribution in [0.15, 0.2) is 54.6 Å². The van der Waals surface area contributed by atoms with E-state index in [1.54, 1.807) is 30.3 Å². The van der Waals surface area contributed by atoms with E-state index in [-0.39, 0.29) is 18.1 Å². The highest BCUT2D eigenvalue weighted by atomic mass is 16.6. The second-order valence-electron chi connectivity index (χ2n) is 4.52. The van der Waals surface area contributed by atoms with E-state index in [4.69, 9.17) is 10.00 Å². The van der Waals surface area contributed by atoms with Crippen molar-refractivity contribution in [2.75, 3.05) is 6.61 Å². The molecule has 23 heavy (non-hydrogen) atoms. The van der Waals surface area contributed by atoms with Crippen LogP contribution >= 0.6 is 0 Å². The minimum absolute atomic E-state index is 0.0200. The first-order valence-corrected chi connectivity index (χ1v) is 6.67. The first-order valence-electron chi connectivity index (χ1n) is 6.67. The minimum atomic E-state index is -0.514. The van der Waals surface area contributed by atoms with Crippen LogP contribution in [0.3, 0.4) is 0 Å². The number of nitro groups is 1.